The first-order chi connectivity index (χ1) is 10.1. The molecule has 6 nitrogen and oxygen atoms in total. The van der Waals surface area contributed by atoms with Crippen molar-refractivity contribution in [2.24, 2.45) is 0 Å². The van der Waals surface area contributed by atoms with Crippen molar-refractivity contribution >= 4 is 17.3 Å². The number of β-amino-alcohol motifs (C(OH)–C–C–N with tert-alkyl or cyclic N) is 1. The van der Waals surface area contributed by atoms with Crippen LogP contribution in [0.5, 0.6) is 0 Å². The first-order valence-corrected chi connectivity index (χ1v) is 6.99. The molecule has 1 aromatic carbocycles. The Hall–Kier alpha value is -1.70. The van der Waals surface area contributed by atoms with Crippen LogP contribution in [0.1, 0.15) is 0 Å². The molecule has 1 aliphatic heterocycles. The molecule has 0 atom stereocenters. The molecule has 1 heterocycles. The third-order valence-electron chi connectivity index (χ3n) is 3.54. The molecule has 1 saturated heterocycles. The zero-order chi connectivity index (χ0) is 15.2. The third-order valence-corrected chi connectivity index (χ3v) is 3.54. The van der Waals surface area contributed by atoms with Crippen LogP contribution in [0, 0.1) is 5.82 Å². The summed E-state index contributed by atoms with van der Waals surface area (Å²) < 4.78 is 12.9. The summed E-state index contributed by atoms with van der Waals surface area (Å²) in [7, 11) is 0. The summed E-state index contributed by atoms with van der Waals surface area (Å²) in [4.78, 5) is 16.2. The maximum Gasteiger partial charge on any atom is 0.238 e. The number of amides is 1. The Balaban J connectivity index is 1.80. The molecule has 1 fully saturated rings. The van der Waals surface area contributed by atoms with E-state index in [9.17, 15) is 9.18 Å². The quantitative estimate of drug-likeness (QED) is 0.664. The third kappa shape index (κ3) is 4.66. The van der Waals surface area contributed by atoms with Crippen LogP contribution in [-0.2, 0) is 4.79 Å². The smallest absolute Gasteiger partial charge is 0.238 e. The normalized spacial score (nSPS) is 16.9. The molecule has 1 amide bonds. The molecule has 0 aliphatic carbocycles. The number of nitrogen functional groups attached to an aromatic ring is 1. The van der Waals surface area contributed by atoms with Crippen LogP contribution in [0.3, 0.4) is 0 Å². The van der Waals surface area contributed by atoms with E-state index in [1.54, 1.807) is 0 Å². The van der Waals surface area contributed by atoms with E-state index in [4.69, 9.17) is 10.8 Å². The van der Waals surface area contributed by atoms with Gasteiger partial charge in [-0.25, -0.2) is 4.39 Å². The number of nitrogens with two attached hydrogens (primary N) is 1. The minimum Gasteiger partial charge on any atom is -0.397 e. The van der Waals surface area contributed by atoms with Crippen molar-refractivity contribution in [1.29, 1.82) is 0 Å². The number of hydrogen-bond donors (Lipinski definition) is 3. The molecule has 1 aromatic rings. The molecule has 0 unspecified atom stereocenters. The Morgan fingerprint density at radius 2 is 1.95 bits per heavy atom. The predicted octanol–water partition coefficient (Wildman–Crippen LogP) is -0.0437. The van der Waals surface area contributed by atoms with Crippen LogP contribution >= 0.6 is 0 Å². The first-order valence-electron chi connectivity index (χ1n) is 6.99. The number of aliphatic hydroxyl groups excluding tert-OH is 1. The van der Waals surface area contributed by atoms with E-state index in [0.29, 0.717) is 12.2 Å². The van der Waals surface area contributed by atoms with Crippen molar-refractivity contribution in [3.8, 4) is 0 Å². The summed E-state index contributed by atoms with van der Waals surface area (Å²) in [6.07, 6.45) is 0. The molecule has 116 valence electrons. The minimum absolute atomic E-state index is 0.157. The van der Waals surface area contributed by atoms with E-state index >= 15 is 0 Å². The number of piperazine rings is 1. The maximum atomic E-state index is 12.9. The van der Waals surface area contributed by atoms with Gasteiger partial charge in [0.25, 0.3) is 0 Å². The second-order valence-electron chi connectivity index (χ2n) is 5.12. The standard InChI is InChI=1S/C14H21FN4O2/c15-11-1-2-13(12(16)9-11)17-14(21)10-19-5-3-18(4-6-19)7-8-20/h1-2,9,20H,3-8,10,16H2,(H,17,21). The summed E-state index contributed by atoms with van der Waals surface area (Å²) in [6, 6.07) is 3.91. The highest BCUT2D eigenvalue weighted by molar-refractivity contribution is 5.95. The number of rotatable bonds is 5. The van der Waals surface area contributed by atoms with Crippen molar-refractivity contribution in [2.75, 3.05) is 56.9 Å². The average Bonchev–Trinajstić information content (AvgIpc) is 2.44. The fourth-order valence-electron chi connectivity index (χ4n) is 2.35. The Kier molecular flexibility index (Phi) is 5.49. The lowest BCUT2D eigenvalue weighted by molar-refractivity contribution is -0.117. The minimum atomic E-state index is -0.425. The molecule has 4 N–H and O–H groups in total. The van der Waals surface area contributed by atoms with Crippen LogP contribution in [0.4, 0.5) is 15.8 Å². The monoisotopic (exact) mass is 296 g/mol. The summed E-state index contributed by atoms with van der Waals surface area (Å²) in [6.45, 7) is 4.36. The van der Waals surface area contributed by atoms with Gasteiger partial charge >= 0.3 is 0 Å². The van der Waals surface area contributed by atoms with Gasteiger partial charge < -0.3 is 16.2 Å². The van der Waals surface area contributed by atoms with Gasteiger partial charge in [0.2, 0.25) is 5.91 Å². The lowest BCUT2D eigenvalue weighted by Crippen LogP contribution is -2.49. The molecule has 0 bridgehead atoms. The van der Waals surface area contributed by atoms with Gasteiger partial charge in [-0.05, 0) is 18.2 Å². The van der Waals surface area contributed by atoms with Crippen LogP contribution < -0.4 is 11.1 Å². The largest absolute Gasteiger partial charge is 0.397 e. The van der Waals surface area contributed by atoms with Gasteiger partial charge in [0, 0.05) is 32.7 Å². The maximum absolute atomic E-state index is 12.9. The number of carbonyl (C=O) groups is 1. The molecular formula is C14H21FN4O2. The Morgan fingerprint density at radius 3 is 2.57 bits per heavy atom. The summed E-state index contributed by atoms with van der Waals surface area (Å²) in [5.41, 5.74) is 6.31. The van der Waals surface area contributed by atoms with Gasteiger partial charge in [-0.3, -0.25) is 14.6 Å². The van der Waals surface area contributed by atoms with Gasteiger partial charge in [0.15, 0.2) is 0 Å². The van der Waals surface area contributed by atoms with Crippen LogP contribution in [0.15, 0.2) is 18.2 Å². The van der Waals surface area contributed by atoms with E-state index in [1.165, 1.54) is 18.2 Å². The summed E-state index contributed by atoms with van der Waals surface area (Å²) in [5, 5.41) is 11.6. The van der Waals surface area contributed by atoms with E-state index in [0.717, 1.165) is 26.2 Å². The molecule has 0 aromatic heterocycles. The lowest BCUT2D eigenvalue weighted by Gasteiger charge is -2.33. The van der Waals surface area contributed by atoms with Gasteiger partial charge in [0.1, 0.15) is 5.82 Å². The van der Waals surface area contributed by atoms with E-state index in [-0.39, 0.29) is 24.7 Å². The molecule has 1 aliphatic rings. The van der Waals surface area contributed by atoms with Crippen LogP contribution in [0.25, 0.3) is 0 Å². The van der Waals surface area contributed by atoms with Gasteiger partial charge in [0.05, 0.1) is 24.5 Å². The Morgan fingerprint density at radius 1 is 1.29 bits per heavy atom. The number of hydrogen-bond acceptors (Lipinski definition) is 5. The van der Waals surface area contributed by atoms with E-state index in [1.807, 2.05) is 4.90 Å². The van der Waals surface area contributed by atoms with Crippen molar-refractivity contribution in [2.45, 2.75) is 0 Å². The fraction of sp³-hybridized carbons (Fsp3) is 0.500. The second kappa shape index (κ2) is 7.35. The molecule has 2 rings (SSSR count). The molecule has 0 spiro atoms. The molecule has 21 heavy (non-hydrogen) atoms. The number of aliphatic hydroxyl groups is 1. The predicted molar refractivity (Wildman–Crippen MR) is 79.4 cm³/mol. The zero-order valence-corrected chi connectivity index (χ0v) is 11.9. The number of nitrogens with one attached hydrogen (secondary N) is 1. The average molecular weight is 296 g/mol. The van der Waals surface area contributed by atoms with E-state index < -0.39 is 5.82 Å². The van der Waals surface area contributed by atoms with Gasteiger partial charge in [-0.1, -0.05) is 0 Å². The van der Waals surface area contributed by atoms with Crippen molar-refractivity contribution in [1.82, 2.24) is 9.80 Å². The van der Waals surface area contributed by atoms with E-state index in [2.05, 4.69) is 10.2 Å². The number of anilines is 2. The first kappa shape index (κ1) is 15.7. The molecule has 7 heteroatoms. The number of nitrogens with zero attached hydrogens (tertiary/aromatic N) is 2. The number of benzene rings is 1. The van der Waals surface area contributed by atoms with Gasteiger partial charge in [-0.15, -0.1) is 0 Å². The van der Waals surface area contributed by atoms with Crippen molar-refractivity contribution in [3.05, 3.63) is 24.0 Å². The fourth-order valence-corrected chi connectivity index (χ4v) is 2.35. The van der Waals surface area contributed by atoms with Crippen LogP contribution in [-0.4, -0.2) is 66.7 Å². The van der Waals surface area contributed by atoms with Gasteiger partial charge in [-0.2, -0.15) is 0 Å². The molecule has 0 radical (unpaired) electrons. The highest BCUT2D eigenvalue weighted by atomic mass is 19.1. The number of halogens is 1. The zero-order valence-electron chi connectivity index (χ0n) is 11.9. The highest BCUT2D eigenvalue weighted by Gasteiger charge is 2.18. The van der Waals surface area contributed by atoms with Crippen molar-refractivity contribution in [3.63, 3.8) is 0 Å². The highest BCUT2D eigenvalue weighted by Crippen LogP contribution is 2.18. The number of carbonyl (C=O) groups excluding carboxylic acids is 1. The molecular weight excluding hydrogens is 275 g/mol. The summed E-state index contributed by atoms with van der Waals surface area (Å²) in [5.74, 6) is -0.588. The second-order valence-corrected chi connectivity index (χ2v) is 5.12. The Labute approximate surface area is 123 Å². The Bertz CT molecular complexity index is 490. The lowest BCUT2D eigenvalue weighted by atomic mass is 10.2. The SMILES string of the molecule is Nc1cc(F)ccc1NC(=O)CN1CCN(CCO)CC1. The summed E-state index contributed by atoms with van der Waals surface area (Å²) >= 11 is 0. The molecule has 0 saturated carbocycles. The van der Waals surface area contributed by atoms with Crippen LogP contribution in [0.2, 0.25) is 0 Å². The van der Waals surface area contributed by atoms with Crippen molar-refractivity contribution < 1.29 is 14.3 Å². The topological polar surface area (TPSA) is 81.8 Å².